The van der Waals surface area contributed by atoms with Crippen LogP contribution in [0.5, 0.6) is 0 Å². The van der Waals surface area contributed by atoms with Gasteiger partial charge in [-0.05, 0) is 13.3 Å². The van der Waals surface area contributed by atoms with Crippen molar-refractivity contribution in [1.29, 1.82) is 0 Å². The van der Waals surface area contributed by atoms with E-state index in [1.54, 1.807) is 11.0 Å². The summed E-state index contributed by atoms with van der Waals surface area (Å²) < 4.78 is 3.67. The van der Waals surface area contributed by atoms with Crippen LogP contribution in [0, 0.1) is 0 Å². The van der Waals surface area contributed by atoms with Gasteiger partial charge in [-0.1, -0.05) is 30.3 Å². The molecular formula is C18H21N7O. The predicted octanol–water partition coefficient (Wildman–Crippen LogP) is 1.92. The summed E-state index contributed by atoms with van der Waals surface area (Å²) in [5, 5.41) is 8.67. The van der Waals surface area contributed by atoms with E-state index in [2.05, 4.69) is 15.2 Å². The number of amides is 1. The van der Waals surface area contributed by atoms with Gasteiger partial charge in [0.05, 0.1) is 12.6 Å². The summed E-state index contributed by atoms with van der Waals surface area (Å²) in [6.07, 6.45) is 4.41. The molecule has 8 heteroatoms. The highest BCUT2D eigenvalue weighted by atomic mass is 16.2. The van der Waals surface area contributed by atoms with Crippen molar-refractivity contribution in [3.63, 3.8) is 0 Å². The number of benzene rings is 1. The molecule has 1 aromatic carbocycles. The first kappa shape index (κ1) is 16.4. The third-order valence-corrected chi connectivity index (χ3v) is 4.69. The zero-order chi connectivity index (χ0) is 17.9. The third-order valence-electron chi connectivity index (χ3n) is 4.69. The highest BCUT2D eigenvalue weighted by Gasteiger charge is 2.30. The van der Waals surface area contributed by atoms with Crippen molar-refractivity contribution in [3.8, 4) is 11.4 Å². The second kappa shape index (κ2) is 7.07. The van der Waals surface area contributed by atoms with Gasteiger partial charge in [0.1, 0.15) is 18.5 Å². The Morgan fingerprint density at radius 2 is 2.08 bits per heavy atom. The lowest BCUT2D eigenvalue weighted by Crippen LogP contribution is -2.41. The highest BCUT2D eigenvalue weighted by Crippen LogP contribution is 2.26. The summed E-state index contributed by atoms with van der Waals surface area (Å²) in [6.45, 7) is 4.05. The number of aromatic nitrogens is 6. The predicted molar refractivity (Wildman–Crippen MR) is 94.8 cm³/mol. The molecule has 4 rings (SSSR count). The smallest absolute Gasteiger partial charge is 0.223 e. The van der Waals surface area contributed by atoms with Gasteiger partial charge in [-0.3, -0.25) is 9.48 Å². The van der Waals surface area contributed by atoms with Crippen molar-refractivity contribution in [2.75, 3.05) is 6.54 Å². The second-order valence-electron chi connectivity index (χ2n) is 6.41. The molecule has 2 aromatic heterocycles. The van der Waals surface area contributed by atoms with E-state index in [1.165, 1.54) is 6.33 Å². The van der Waals surface area contributed by atoms with Gasteiger partial charge in [-0.15, -0.1) is 0 Å². The summed E-state index contributed by atoms with van der Waals surface area (Å²) in [5.41, 5.74) is 0.993. The van der Waals surface area contributed by atoms with E-state index in [4.69, 9.17) is 4.98 Å². The van der Waals surface area contributed by atoms with Crippen molar-refractivity contribution >= 4 is 5.91 Å². The molecular weight excluding hydrogens is 330 g/mol. The van der Waals surface area contributed by atoms with Crippen LogP contribution in [0.1, 0.15) is 31.6 Å². The number of carbonyl (C=O) groups is 1. The summed E-state index contributed by atoms with van der Waals surface area (Å²) in [6, 6.07) is 9.85. The maximum atomic E-state index is 12.6. The monoisotopic (exact) mass is 351 g/mol. The lowest BCUT2D eigenvalue weighted by atomic mass is 10.1. The molecule has 1 aliphatic rings. The van der Waals surface area contributed by atoms with Crippen LogP contribution in [0.3, 0.4) is 0 Å². The summed E-state index contributed by atoms with van der Waals surface area (Å²) in [5.74, 6) is 1.71. The van der Waals surface area contributed by atoms with Crippen LogP contribution in [0.4, 0.5) is 0 Å². The van der Waals surface area contributed by atoms with Crippen molar-refractivity contribution in [3.05, 3.63) is 48.8 Å². The number of hydrogen-bond donors (Lipinski definition) is 0. The maximum Gasteiger partial charge on any atom is 0.223 e. The molecule has 1 atom stereocenters. The zero-order valence-corrected chi connectivity index (χ0v) is 14.7. The molecule has 1 aliphatic heterocycles. The number of carbonyl (C=O) groups excluding carboxylic acids is 1. The standard InChI is InChI=1S/C18H21N7O/c1-14-18-21-17(15-6-3-2-4-7-15)22-25(18)11-10-24(14)16(26)8-5-9-23-13-19-12-20-23/h2-4,6-7,12-14H,5,8-11H2,1H3/t14-/m0/s1. The normalized spacial score (nSPS) is 16.5. The molecule has 0 N–H and O–H groups in total. The minimum absolute atomic E-state index is 0.0763. The number of rotatable bonds is 5. The van der Waals surface area contributed by atoms with Crippen LogP contribution in [-0.2, 0) is 17.9 Å². The molecule has 3 heterocycles. The number of nitrogens with zero attached hydrogens (tertiary/aromatic N) is 7. The Morgan fingerprint density at radius 3 is 2.85 bits per heavy atom. The SMILES string of the molecule is C[C@H]1c2nc(-c3ccccc3)nn2CCN1C(=O)CCCn1cncn1. The van der Waals surface area contributed by atoms with Gasteiger partial charge in [0.15, 0.2) is 5.82 Å². The van der Waals surface area contributed by atoms with Crippen LogP contribution in [0.15, 0.2) is 43.0 Å². The van der Waals surface area contributed by atoms with Gasteiger partial charge in [0.25, 0.3) is 0 Å². The van der Waals surface area contributed by atoms with E-state index in [0.29, 0.717) is 31.9 Å². The molecule has 8 nitrogen and oxygen atoms in total. The molecule has 0 aliphatic carbocycles. The molecule has 26 heavy (non-hydrogen) atoms. The topological polar surface area (TPSA) is 81.7 Å². The van der Waals surface area contributed by atoms with Crippen LogP contribution in [0.25, 0.3) is 11.4 Å². The van der Waals surface area contributed by atoms with E-state index in [0.717, 1.165) is 17.8 Å². The van der Waals surface area contributed by atoms with E-state index in [1.807, 2.05) is 46.8 Å². The van der Waals surface area contributed by atoms with Crippen molar-refractivity contribution in [1.82, 2.24) is 34.4 Å². The van der Waals surface area contributed by atoms with Gasteiger partial charge in [-0.25, -0.2) is 14.6 Å². The molecule has 0 bridgehead atoms. The van der Waals surface area contributed by atoms with Gasteiger partial charge < -0.3 is 4.90 Å². The first-order valence-corrected chi connectivity index (χ1v) is 8.84. The van der Waals surface area contributed by atoms with Crippen molar-refractivity contribution < 1.29 is 4.79 Å². The van der Waals surface area contributed by atoms with Gasteiger partial charge in [0.2, 0.25) is 5.91 Å². The van der Waals surface area contributed by atoms with Crippen molar-refractivity contribution in [2.45, 2.75) is 38.9 Å². The quantitative estimate of drug-likeness (QED) is 0.701. The van der Waals surface area contributed by atoms with E-state index in [-0.39, 0.29) is 11.9 Å². The fourth-order valence-electron chi connectivity index (χ4n) is 3.30. The highest BCUT2D eigenvalue weighted by molar-refractivity contribution is 5.76. The molecule has 0 unspecified atom stereocenters. The molecule has 0 saturated heterocycles. The molecule has 0 spiro atoms. The van der Waals surface area contributed by atoms with Gasteiger partial charge in [-0.2, -0.15) is 10.2 Å². The lowest BCUT2D eigenvalue weighted by Gasteiger charge is -2.33. The van der Waals surface area contributed by atoms with Crippen LogP contribution >= 0.6 is 0 Å². The number of aryl methyl sites for hydroxylation is 1. The Kier molecular flexibility index (Phi) is 4.47. The van der Waals surface area contributed by atoms with Crippen LogP contribution in [0.2, 0.25) is 0 Å². The number of hydrogen-bond acceptors (Lipinski definition) is 5. The average Bonchev–Trinajstić information content (AvgIpc) is 3.32. The Bertz CT molecular complexity index is 872. The summed E-state index contributed by atoms with van der Waals surface area (Å²) >= 11 is 0. The van der Waals surface area contributed by atoms with E-state index < -0.39 is 0 Å². The fourth-order valence-corrected chi connectivity index (χ4v) is 3.30. The molecule has 134 valence electrons. The van der Waals surface area contributed by atoms with E-state index >= 15 is 0 Å². The Morgan fingerprint density at radius 1 is 1.23 bits per heavy atom. The average molecular weight is 351 g/mol. The van der Waals surface area contributed by atoms with Crippen LogP contribution in [-0.4, -0.2) is 46.9 Å². The maximum absolute atomic E-state index is 12.6. The Balaban J connectivity index is 1.43. The van der Waals surface area contributed by atoms with Crippen LogP contribution < -0.4 is 0 Å². The first-order chi connectivity index (χ1) is 12.7. The minimum Gasteiger partial charge on any atom is -0.331 e. The number of fused-ring (bicyclic) bond motifs is 1. The molecule has 1 amide bonds. The molecule has 0 fully saturated rings. The van der Waals surface area contributed by atoms with Gasteiger partial charge in [0, 0.05) is 25.1 Å². The molecule has 0 radical (unpaired) electrons. The van der Waals surface area contributed by atoms with Gasteiger partial charge >= 0.3 is 0 Å². The Labute approximate surface area is 151 Å². The molecule has 3 aromatic rings. The zero-order valence-electron chi connectivity index (χ0n) is 14.7. The first-order valence-electron chi connectivity index (χ1n) is 8.84. The van der Waals surface area contributed by atoms with Crippen molar-refractivity contribution in [2.24, 2.45) is 0 Å². The summed E-state index contributed by atoms with van der Waals surface area (Å²) in [4.78, 5) is 23.2. The lowest BCUT2D eigenvalue weighted by molar-refractivity contribution is -0.134. The third kappa shape index (κ3) is 3.22. The largest absolute Gasteiger partial charge is 0.331 e. The Hall–Kier alpha value is -3.03. The second-order valence-corrected chi connectivity index (χ2v) is 6.41. The minimum atomic E-state index is -0.0763. The molecule has 0 saturated carbocycles. The summed E-state index contributed by atoms with van der Waals surface area (Å²) in [7, 11) is 0. The van der Waals surface area contributed by atoms with E-state index in [9.17, 15) is 4.79 Å². The fraction of sp³-hybridized carbons (Fsp3) is 0.389.